The van der Waals surface area contributed by atoms with Gasteiger partial charge in [0.2, 0.25) is 0 Å². The molecular weight excluding hydrogens is 248 g/mol. The van der Waals surface area contributed by atoms with Gasteiger partial charge in [-0.3, -0.25) is 9.11 Å². The molecule has 0 unspecified atom stereocenters. The molecular formula is H6Cl3NO6S. The van der Waals surface area contributed by atoms with Crippen molar-refractivity contribution in [2.24, 2.45) is 5.34 Å². The Labute approximate surface area is 80.9 Å². The number of hydrogen-bond donors (Lipinski definition) is 3. The van der Waals surface area contributed by atoms with Crippen molar-refractivity contribution in [2.75, 3.05) is 0 Å². The van der Waals surface area contributed by atoms with Gasteiger partial charge in [0.05, 0.1) is 0 Å². The minimum Gasteiger partial charge on any atom is -0.379 e. The zero-order valence-corrected chi connectivity index (χ0v) is 7.91. The predicted octanol–water partition coefficient (Wildman–Crippen LogP) is 0.755. The van der Waals surface area contributed by atoms with Crippen molar-refractivity contribution in [3.05, 3.63) is 4.91 Å². The van der Waals surface area contributed by atoms with Crippen LogP contribution in [-0.4, -0.2) is 22.7 Å². The zero-order valence-electron chi connectivity index (χ0n) is 4.65. The summed E-state index contributed by atoms with van der Waals surface area (Å²) in [5.41, 5.74) is 0. The Balaban J connectivity index is -0.0000000183. The summed E-state index contributed by atoms with van der Waals surface area (Å²) >= 11 is 0. The third-order valence-electron chi connectivity index (χ3n) is 0. The van der Waals surface area contributed by atoms with Crippen LogP contribution in [0.1, 0.15) is 0 Å². The van der Waals surface area contributed by atoms with E-state index in [4.69, 9.17) is 27.6 Å². The number of halogens is 3. The van der Waals surface area contributed by atoms with Gasteiger partial charge in [-0.25, -0.2) is 0 Å². The molecule has 0 bridgehead atoms. The van der Waals surface area contributed by atoms with Crippen LogP contribution in [0.15, 0.2) is 5.34 Å². The molecule has 74 valence electrons. The Hall–Kier alpha value is 0.140. The van der Waals surface area contributed by atoms with Crippen LogP contribution in [-0.2, 0) is 10.4 Å². The fourth-order valence-corrected chi connectivity index (χ4v) is 0. The van der Waals surface area contributed by atoms with Gasteiger partial charge in [-0.2, -0.15) is 8.42 Å². The molecule has 3 N–H and O–H groups in total. The maximum absolute atomic E-state index is 8.74. The average molecular weight is 254 g/mol. The van der Waals surface area contributed by atoms with E-state index in [-0.39, 0.29) is 37.2 Å². The van der Waals surface area contributed by atoms with E-state index < -0.39 is 10.4 Å². The van der Waals surface area contributed by atoms with Crippen molar-refractivity contribution in [1.82, 2.24) is 0 Å². The molecule has 0 saturated carbocycles. The standard InChI is InChI=1S/3ClH.HNO2.H2O4S/c;;;2-1-3;1-5(2,3)4/h3*1H;(H,2,3);(H2,1,2,3,4). The van der Waals surface area contributed by atoms with E-state index in [1.165, 1.54) is 5.34 Å². The van der Waals surface area contributed by atoms with Crippen LogP contribution in [0.25, 0.3) is 0 Å². The molecule has 0 rings (SSSR count). The lowest BCUT2D eigenvalue weighted by atomic mass is 13.4. The smallest absolute Gasteiger partial charge is 0.379 e. The Morgan fingerprint density at radius 3 is 1.00 bits per heavy atom. The van der Waals surface area contributed by atoms with Crippen molar-refractivity contribution < 1.29 is 22.7 Å². The molecule has 0 aromatic carbocycles. The third-order valence-corrected chi connectivity index (χ3v) is 0. The second-order valence-corrected chi connectivity index (χ2v) is 1.43. The second kappa shape index (κ2) is 16.6. The van der Waals surface area contributed by atoms with Gasteiger partial charge in [-0.1, -0.05) is 0 Å². The van der Waals surface area contributed by atoms with Gasteiger partial charge in [0, 0.05) is 0 Å². The first-order valence-corrected chi connectivity index (χ1v) is 2.48. The third kappa shape index (κ3) is 34300. The highest BCUT2D eigenvalue weighted by atomic mass is 35.5. The van der Waals surface area contributed by atoms with E-state index in [2.05, 4.69) is 0 Å². The minimum absolute atomic E-state index is 0. The molecule has 0 aliphatic rings. The van der Waals surface area contributed by atoms with E-state index >= 15 is 0 Å². The molecule has 0 amide bonds. The van der Waals surface area contributed by atoms with Crippen molar-refractivity contribution in [1.29, 1.82) is 0 Å². The first kappa shape index (κ1) is 30.4. The molecule has 11 heavy (non-hydrogen) atoms. The van der Waals surface area contributed by atoms with Crippen LogP contribution in [0.2, 0.25) is 0 Å². The highest BCUT2D eigenvalue weighted by Gasteiger charge is 1.84. The van der Waals surface area contributed by atoms with Crippen LogP contribution in [0, 0.1) is 4.91 Å². The monoisotopic (exact) mass is 253 g/mol. The van der Waals surface area contributed by atoms with E-state index in [0.29, 0.717) is 0 Å². The molecule has 0 fully saturated rings. The summed E-state index contributed by atoms with van der Waals surface area (Å²) < 4.78 is 31.6. The summed E-state index contributed by atoms with van der Waals surface area (Å²) in [6, 6.07) is 0. The van der Waals surface area contributed by atoms with Crippen molar-refractivity contribution in [3.8, 4) is 0 Å². The molecule has 0 aliphatic heterocycles. The second-order valence-electron chi connectivity index (χ2n) is 0.529. The number of nitrogens with zero attached hydrogens (tertiary/aromatic N) is 1. The molecule has 11 heteroatoms. The first-order chi connectivity index (χ1) is 3.41. The molecule has 0 aliphatic carbocycles. The Kier molecular flexibility index (Phi) is 45.9. The molecule has 0 aromatic rings. The minimum atomic E-state index is -4.67. The average Bonchev–Trinajstić information content (AvgIpc) is 1.27. The van der Waals surface area contributed by atoms with E-state index in [1.54, 1.807) is 0 Å². The lowest BCUT2D eigenvalue weighted by Crippen LogP contribution is -1.89. The topological polar surface area (TPSA) is 124 Å². The number of hydrogen-bond acceptors (Lipinski definition) is 4. The fraction of sp³-hybridized carbons (Fsp3) is 0. The van der Waals surface area contributed by atoms with Gasteiger partial charge in [-0.05, 0) is 0 Å². The predicted molar refractivity (Wildman–Crippen MR) is 43.5 cm³/mol. The summed E-state index contributed by atoms with van der Waals surface area (Å²) in [7, 11) is -4.67. The zero-order chi connectivity index (χ0) is 7.21. The van der Waals surface area contributed by atoms with Gasteiger partial charge < -0.3 is 5.21 Å². The van der Waals surface area contributed by atoms with Crippen LogP contribution < -0.4 is 0 Å². The maximum atomic E-state index is 8.74. The lowest BCUT2D eigenvalue weighted by molar-refractivity contribution is 0.312. The summed E-state index contributed by atoms with van der Waals surface area (Å²) in [6.45, 7) is 0. The van der Waals surface area contributed by atoms with Crippen molar-refractivity contribution >= 4 is 47.6 Å². The van der Waals surface area contributed by atoms with Crippen LogP contribution >= 0.6 is 37.2 Å². The normalized spacial score (nSPS) is 6.36. The van der Waals surface area contributed by atoms with Crippen LogP contribution in [0.3, 0.4) is 0 Å². The molecule has 0 atom stereocenters. The molecule has 0 radical (unpaired) electrons. The quantitative estimate of drug-likeness (QED) is 0.333. The van der Waals surface area contributed by atoms with Crippen LogP contribution in [0.4, 0.5) is 0 Å². The van der Waals surface area contributed by atoms with Crippen molar-refractivity contribution in [2.45, 2.75) is 0 Å². The Bertz CT molecular complexity index is 132. The summed E-state index contributed by atoms with van der Waals surface area (Å²) in [6.07, 6.45) is 0. The Morgan fingerprint density at radius 1 is 1.00 bits per heavy atom. The lowest BCUT2D eigenvalue weighted by Gasteiger charge is -1.68. The molecule has 0 aromatic heterocycles. The van der Waals surface area contributed by atoms with E-state index in [1.807, 2.05) is 0 Å². The van der Waals surface area contributed by atoms with Gasteiger partial charge in [0.25, 0.3) is 0 Å². The van der Waals surface area contributed by atoms with E-state index in [0.717, 1.165) is 0 Å². The van der Waals surface area contributed by atoms with Crippen molar-refractivity contribution in [3.63, 3.8) is 0 Å². The van der Waals surface area contributed by atoms with Gasteiger partial charge in [-0.15, -0.1) is 42.1 Å². The summed E-state index contributed by atoms with van der Waals surface area (Å²) in [5, 5.41) is 7.89. The fourth-order valence-electron chi connectivity index (χ4n) is 0. The van der Waals surface area contributed by atoms with Gasteiger partial charge in [0.1, 0.15) is 0 Å². The number of rotatable bonds is 0. The first-order valence-electron chi connectivity index (χ1n) is 1.08. The highest BCUT2D eigenvalue weighted by molar-refractivity contribution is 7.79. The van der Waals surface area contributed by atoms with Crippen LogP contribution in [0.5, 0.6) is 0 Å². The van der Waals surface area contributed by atoms with E-state index in [9.17, 15) is 0 Å². The summed E-state index contributed by atoms with van der Waals surface area (Å²) in [5.74, 6) is 0. The molecule has 0 heterocycles. The Morgan fingerprint density at radius 2 is 1.00 bits per heavy atom. The van der Waals surface area contributed by atoms with Gasteiger partial charge >= 0.3 is 10.4 Å². The highest BCUT2D eigenvalue weighted by Crippen LogP contribution is 1.59. The molecule has 7 nitrogen and oxygen atoms in total. The SMILES string of the molecule is Cl.Cl.Cl.O=NO.O=S(=O)(O)O. The maximum Gasteiger partial charge on any atom is 0.394 e. The molecule has 0 saturated heterocycles. The van der Waals surface area contributed by atoms with Gasteiger partial charge in [0.15, 0.2) is 5.34 Å². The largest absolute Gasteiger partial charge is 0.394 e. The summed E-state index contributed by atoms with van der Waals surface area (Å²) in [4.78, 5) is 8.11. The molecule has 0 spiro atoms.